The summed E-state index contributed by atoms with van der Waals surface area (Å²) in [4.78, 5) is 24.2. The van der Waals surface area contributed by atoms with Crippen molar-refractivity contribution in [1.82, 2.24) is 0 Å². The fourth-order valence-corrected chi connectivity index (χ4v) is 2.63. The van der Waals surface area contributed by atoms with Gasteiger partial charge in [0.15, 0.2) is 12.4 Å². The van der Waals surface area contributed by atoms with Crippen LogP contribution in [0.15, 0.2) is 29.2 Å². The van der Waals surface area contributed by atoms with Crippen molar-refractivity contribution in [3.63, 3.8) is 0 Å². The molecule has 0 fully saturated rings. The normalized spacial score (nSPS) is 11.3. The van der Waals surface area contributed by atoms with Crippen molar-refractivity contribution < 1.29 is 14.3 Å². The summed E-state index contributed by atoms with van der Waals surface area (Å²) < 4.78 is 4.84. The molecular weight excluding hydrogens is 336 g/mol. The predicted octanol–water partition coefficient (Wildman–Crippen LogP) is 3.50. The summed E-state index contributed by atoms with van der Waals surface area (Å²) in [6.45, 7) is 0.916. The molecule has 1 rings (SSSR count). The number of halogens is 1. The Labute approximate surface area is 144 Å². The van der Waals surface area contributed by atoms with Crippen LogP contribution in [0.3, 0.4) is 0 Å². The van der Waals surface area contributed by atoms with Crippen LogP contribution in [0, 0.1) is 22.7 Å². The first-order valence-electron chi connectivity index (χ1n) is 6.95. The fourth-order valence-electron chi connectivity index (χ4n) is 1.65. The second-order valence-corrected chi connectivity index (χ2v) is 6.38. The number of nitrogens with zero attached hydrogens (tertiary/aromatic N) is 1. The van der Waals surface area contributed by atoms with Crippen LogP contribution in [0.5, 0.6) is 0 Å². The van der Waals surface area contributed by atoms with Crippen LogP contribution in [0.25, 0.3) is 0 Å². The van der Waals surface area contributed by atoms with Crippen molar-refractivity contribution in [2.45, 2.75) is 24.7 Å². The Kier molecular flexibility index (Phi) is 8.38. The lowest BCUT2D eigenvalue weighted by Crippen LogP contribution is -2.25. The molecule has 0 spiro atoms. The monoisotopic (exact) mass is 352 g/mol. The molecule has 0 saturated carbocycles. The molecule has 1 unspecified atom stereocenters. The highest BCUT2D eigenvalue weighted by molar-refractivity contribution is 7.99. The van der Waals surface area contributed by atoms with Gasteiger partial charge in [-0.1, -0.05) is 11.6 Å². The summed E-state index contributed by atoms with van der Waals surface area (Å²) >= 11 is 7.40. The van der Waals surface area contributed by atoms with Gasteiger partial charge in [-0.2, -0.15) is 5.26 Å². The van der Waals surface area contributed by atoms with E-state index in [4.69, 9.17) is 27.0 Å². The van der Waals surface area contributed by atoms with E-state index < -0.39 is 24.3 Å². The fraction of sp³-hybridized carbons (Fsp3) is 0.375. The Hall–Kier alpha value is -1.84. The van der Waals surface area contributed by atoms with Crippen molar-refractivity contribution in [2.75, 3.05) is 12.4 Å². The van der Waals surface area contributed by atoms with Gasteiger partial charge < -0.3 is 10.1 Å². The largest absolute Gasteiger partial charge is 0.458 e. The number of ketones is 1. The molecule has 0 amide bonds. The zero-order valence-electron chi connectivity index (χ0n) is 12.7. The lowest BCUT2D eigenvalue weighted by atomic mass is 10.0. The summed E-state index contributed by atoms with van der Waals surface area (Å²) in [7, 11) is 0. The van der Waals surface area contributed by atoms with Gasteiger partial charge in [-0.05, 0) is 43.4 Å². The van der Waals surface area contributed by atoms with E-state index in [0.717, 1.165) is 10.6 Å². The average molecular weight is 353 g/mol. The van der Waals surface area contributed by atoms with Crippen LogP contribution in [-0.2, 0) is 14.3 Å². The summed E-state index contributed by atoms with van der Waals surface area (Å²) in [6.07, 6.45) is 0.820. The molecule has 0 aromatic heterocycles. The maximum Gasteiger partial charge on any atom is 0.306 e. The predicted molar refractivity (Wildman–Crippen MR) is 89.9 cm³/mol. The maximum absolute atomic E-state index is 11.6. The van der Waals surface area contributed by atoms with Crippen LogP contribution >= 0.6 is 23.4 Å². The number of benzene rings is 1. The van der Waals surface area contributed by atoms with Crippen LogP contribution in [0.4, 0.5) is 0 Å². The molecule has 1 N–H and O–H groups in total. The van der Waals surface area contributed by atoms with Gasteiger partial charge in [-0.15, -0.1) is 11.8 Å². The lowest BCUT2D eigenvalue weighted by Gasteiger charge is -2.07. The zero-order valence-corrected chi connectivity index (χ0v) is 14.2. The highest BCUT2D eigenvalue weighted by Gasteiger charge is 2.21. The number of hydrogen-bond acceptors (Lipinski definition) is 6. The summed E-state index contributed by atoms with van der Waals surface area (Å²) in [5.41, 5.74) is -0.0482. The van der Waals surface area contributed by atoms with Crippen molar-refractivity contribution in [3.05, 3.63) is 29.3 Å². The number of nitriles is 1. The minimum atomic E-state index is -1.14. The quantitative estimate of drug-likeness (QED) is 0.318. The first kappa shape index (κ1) is 19.2. The van der Waals surface area contributed by atoms with E-state index in [9.17, 15) is 9.59 Å². The Morgan fingerprint density at radius 1 is 1.39 bits per heavy atom. The Morgan fingerprint density at radius 3 is 2.61 bits per heavy atom. The van der Waals surface area contributed by atoms with E-state index in [1.165, 1.54) is 6.92 Å². The van der Waals surface area contributed by atoms with Crippen LogP contribution in [0.1, 0.15) is 19.8 Å². The molecule has 23 heavy (non-hydrogen) atoms. The molecule has 5 nitrogen and oxygen atoms in total. The molecule has 0 aliphatic carbocycles. The third kappa shape index (κ3) is 7.31. The first-order valence-corrected chi connectivity index (χ1v) is 8.31. The third-order valence-corrected chi connectivity index (χ3v) is 4.22. The van der Waals surface area contributed by atoms with Crippen molar-refractivity contribution in [3.8, 4) is 6.07 Å². The maximum atomic E-state index is 11.6. The van der Waals surface area contributed by atoms with Crippen LogP contribution in [0.2, 0.25) is 5.02 Å². The van der Waals surface area contributed by atoms with Crippen molar-refractivity contribution >= 4 is 40.8 Å². The summed E-state index contributed by atoms with van der Waals surface area (Å²) in [6, 6.07) is 9.15. The first-order chi connectivity index (χ1) is 10.9. The SMILES string of the molecule is CC(=N)C(C#N)C(=O)COC(=O)CCCSc1ccc(Cl)cc1. The number of carbonyl (C=O) groups is 2. The molecule has 0 bridgehead atoms. The lowest BCUT2D eigenvalue weighted by molar-refractivity contribution is -0.148. The van der Waals surface area contributed by atoms with E-state index in [0.29, 0.717) is 11.4 Å². The van der Waals surface area contributed by atoms with Crippen LogP contribution in [-0.4, -0.2) is 29.8 Å². The standard InChI is InChI=1S/C16H17ClN2O3S/c1-11(19)14(9-18)15(20)10-22-16(21)3-2-8-23-13-6-4-12(17)5-7-13/h4-7,14,19H,2-3,8,10H2,1H3. The molecule has 1 atom stereocenters. The van der Waals surface area contributed by atoms with Gasteiger partial charge in [-0.25, -0.2) is 0 Å². The van der Waals surface area contributed by atoms with E-state index in [2.05, 4.69) is 0 Å². The molecule has 1 aromatic rings. The number of esters is 1. The zero-order chi connectivity index (χ0) is 17.2. The number of thioether (sulfide) groups is 1. The van der Waals surface area contributed by atoms with Crippen molar-refractivity contribution in [1.29, 1.82) is 10.7 Å². The van der Waals surface area contributed by atoms with E-state index >= 15 is 0 Å². The second kappa shape index (κ2) is 10.0. The minimum Gasteiger partial charge on any atom is -0.458 e. The summed E-state index contributed by atoms with van der Waals surface area (Å²) in [5, 5.41) is 16.8. The molecular formula is C16H17ClN2O3S. The number of Topliss-reactive ketones (excluding diaryl/α,β-unsaturated/α-hetero) is 1. The molecule has 0 radical (unpaired) electrons. The molecule has 0 aliphatic heterocycles. The number of ether oxygens (including phenoxy) is 1. The molecule has 0 heterocycles. The number of nitrogens with one attached hydrogen (secondary N) is 1. The number of carbonyl (C=O) groups excluding carboxylic acids is 2. The van der Waals surface area contributed by atoms with E-state index in [1.807, 2.05) is 12.1 Å². The summed E-state index contributed by atoms with van der Waals surface area (Å²) in [5.74, 6) is -1.44. The van der Waals surface area contributed by atoms with Gasteiger partial charge in [0.2, 0.25) is 0 Å². The van der Waals surface area contributed by atoms with Gasteiger partial charge in [0.25, 0.3) is 0 Å². The van der Waals surface area contributed by atoms with E-state index in [1.54, 1.807) is 30.0 Å². The van der Waals surface area contributed by atoms with Gasteiger partial charge in [0, 0.05) is 22.1 Å². The minimum absolute atomic E-state index is 0.0482. The highest BCUT2D eigenvalue weighted by Crippen LogP contribution is 2.21. The molecule has 122 valence electrons. The highest BCUT2D eigenvalue weighted by atomic mass is 35.5. The molecule has 7 heteroatoms. The Balaban J connectivity index is 2.22. The van der Waals surface area contributed by atoms with Crippen molar-refractivity contribution in [2.24, 2.45) is 5.92 Å². The van der Waals surface area contributed by atoms with Gasteiger partial charge >= 0.3 is 5.97 Å². The van der Waals surface area contributed by atoms with Crippen LogP contribution < -0.4 is 0 Å². The smallest absolute Gasteiger partial charge is 0.306 e. The Bertz CT molecular complexity index is 611. The van der Waals surface area contributed by atoms with Gasteiger partial charge in [0.05, 0.1) is 6.07 Å². The molecule has 1 aromatic carbocycles. The topological polar surface area (TPSA) is 91.0 Å². The molecule has 0 aliphatic rings. The Morgan fingerprint density at radius 2 is 2.04 bits per heavy atom. The number of rotatable bonds is 9. The second-order valence-electron chi connectivity index (χ2n) is 4.78. The van der Waals surface area contributed by atoms with Gasteiger partial charge in [-0.3, -0.25) is 9.59 Å². The third-order valence-electron chi connectivity index (χ3n) is 2.87. The van der Waals surface area contributed by atoms with Gasteiger partial charge in [0.1, 0.15) is 5.92 Å². The molecule has 0 saturated heterocycles. The number of hydrogen-bond donors (Lipinski definition) is 1. The van der Waals surface area contributed by atoms with E-state index in [-0.39, 0.29) is 12.1 Å². The average Bonchev–Trinajstić information content (AvgIpc) is 2.51.